The highest BCUT2D eigenvalue weighted by atomic mass is 127. The quantitative estimate of drug-likeness (QED) is 0.208. The molecule has 24 heavy (non-hydrogen) atoms. The average molecular weight is 461 g/mol. The zero-order valence-corrected chi connectivity index (χ0v) is 16.5. The molecule has 7 heteroatoms. The normalized spacial score (nSPS) is 10.8. The predicted molar refractivity (Wildman–Crippen MR) is 109 cm³/mol. The second-order valence-electron chi connectivity index (χ2n) is 4.90. The number of nitrogens with zero attached hydrogens (tertiary/aromatic N) is 2. The lowest BCUT2D eigenvalue weighted by atomic mass is 10.2. The molecule has 0 bridgehead atoms. The summed E-state index contributed by atoms with van der Waals surface area (Å²) in [6, 6.07) is 7.61. The third kappa shape index (κ3) is 7.83. The Hall–Kier alpha value is -1.54. The molecule has 2 aromatic rings. The molecule has 2 N–H and O–H groups in total. The molecule has 2 heterocycles. The number of hydrogen-bond acceptors (Lipinski definition) is 3. The summed E-state index contributed by atoms with van der Waals surface area (Å²) < 4.78 is 5.30. The zero-order valence-electron chi connectivity index (χ0n) is 13.4. The van der Waals surface area contributed by atoms with Crippen LogP contribution in [0.15, 0.2) is 58.8 Å². The largest absolute Gasteiger partial charge is 0.469 e. The summed E-state index contributed by atoms with van der Waals surface area (Å²) >= 11 is 5.78. The van der Waals surface area contributed by atoms with Gasteiger partial charge in [0.15, 0.2) is 5.96 Å². The smallest absolute Gasteiger partial charge is 0.191 e. The van der Waals surface area contributed by atoms with E-state index in [0.29, 0.717) is 18.2 Å². The first-order valence-corrected chi connectivity index (χ1v) is 7.91. The van der Waals surface area contributed by atoms with Crippen molar-refractivity contribution < 1.29 is 4.42 Å². The van der Waals surface area contributed by atoms with E-state index in [0.717, 1.165) is 36.7 Å². The Balaban J connectivity index is 0.00000288. The van der Waals surface area contributed by atoms with Crippen LogP contribution in [-0.2, 0) is 12.8 Å². The molecular formula is C17H22ClIN4O. The molecule has 0 aromatic carbocycles. The highest BCUT2D eigenvalue weighted by molar-refractivity contribution is 14.0. The summed E-state index contributed by atoms with van der Waals surface area (Å²) in [5, 5.41) is 7.00. The van der Waals surface area contributed by atoms with E-state index >= 15 is 0 Å². The summed E-state index contributed by atoms with van der Waals surface area (Å²) in [5.41, 5.74) is 1.13. The minimum Gasteiger partial charge on any atom is -0.469 e. The van der Waals surface area contributed by atoms with Gasteiger partial charge in [-0.1, -0.05) is 23.7 Å². The van der Waals surface area contributed by atoms with Gasteiger partial charge in [0.05, 0.1) is 6.26 Å². The van der Waals surface area contributed by atoms with Crippen LogP contribution >= 0.6 is 35.6 Å². The number of rotatable bonds is 8. The third-order valence-electron chi connectivity index (χ3n) is 3.12. The van der Waals surface area contributed by atoms with Crippen LogP contribution in [0, 0.1) is 0 Å². The molecule has 0 aliphatic rings. The number of aliphatic imine (C=N–C) groups is 1. The van der Waals surface area contributed by atoms with Gasteiger partial charge in [-0.2, -0.15) is 0 Å². The Morgan fingerprint density at radius 1 is 1.29 bits per heavy atom. The molecule has 0 aliphatic carbocycles. The van der Waals surface area contributed by atoms with Crippen LogP contribution in [0.3, 0.4) is 0 Å². The van der Waals surface area contributed by atoms with E-state index in [4.69, 9.17) is 16.0 Å². The summed E-state index contributed by atoms with van der Waals surface area (Å²) in [5.74, 6) is 1.70. The molecule has 0 aliphatic heterocycles. The first-order valence-electron chi connectivity index (χ1n) is 7.54. The lowest BCUT2D eigenvalue weighted by Gasteiger charge is -2.11. The van der Waals surface area contributed by atoms with E-state index in [-0.39, 0.29) is 24.0 Å². The summed E-state index contributed by atoms with van der Waals surface area (Å²) in [6.07, 6.45) is 6.88. The fraction of sp³-hybridized carbons (Fsp3) is 0.294. The molecule has 0 fully saturated rings. The fourth-order valence-electron chi connectivity index (χ4n) is 1.96. The zero-order chi connectivity index (χ0) is 16.3. The van der Waals surface area contributed by atoms with Crippen molar-refractivity contribution in [1.82, 2.24) is 15.6 Å². The standard InChI is InChI=1S/C17H21ClN4O.HI/c1-2-9-19-17(21-11-8-15-4-3-12-23-15)20-10-7-14-5-6-16(18)22-13-14;/h2-6,12-13H,1,7-11H2,(H2,19,20,21);1H. The Labute approximate surface area is 164 Å². The molecule has 0 unspecified atom stereocenters. The molecule has 2 rings (SSSR count). The summed E-state index contributed by atoms with van der Waals surface area (Å²) in [7, 11) is 0. The number of aromatic nitrogens is 1. The van der Waals surface area contributed by atoms with Gasteiger partial charge >= 0.3 is 0 Å². The Morgan fingerprint density at radius 3 is 2.83 bits per heavy atom. The maximum Gasteiger partial charge on any atom is 0.191 e. The van der Waals surface area contributed by atoms with Crippen LogP contribution in [0.25, 0.3) is 0 Å². The minimum atomic E-state index is 0. The monoisotopic (exact) mass is 460 g/mol. The highest BCUT2D eigenvalue weighted by Crippen LogP contribution is 2.05. The Bertz CT molecular complexity index is 614. The molecule has 0 radical (unpaired) electrons. The molecule has 0 saturated carbocycles. The molecule has 0 saturated heterocycles. The van der Waals surface area contributed by atoms with Crippen LogP contribution in [0.5, 0.6) is 0 Å². The van der Waals surface area contributed by atoms with Crippen molar-refractivity contribution in [3.8, 4) is 0 Å². The Kier molecular flexibility index (Phi) is 10.2. The molecular weight excluding hydrogens is 439 g/mol. The van der Waals surface area contributed by atoms with Crippen molar-refractivity contribution in [3.63, 3.8) is 0 Å². The van der Waals surface area contributed by atoms with E-state index in [2.05, 4.69) is 27.2 Å². The molecule has 5 nitrogen and oxygen atoms in total. The number of guanidine groups is 1. The van der Waals surface area contributed by atoms with Crippen molar-refractivity contribution in [2.75, 3.05) is 19.6 Å². The van der Waals surface area contributed by atoms with E-state index in [1.165, 1.54) is 0 Å². The summed E-state index contributed by atoms with van der Waals surface area (Å²) in [4.78, 5) is 8.60. The van der Waals surface area contributed by atoms with Crippen LogP contribution in [0.1, 0.15) is 11.3 Å². The van der Waals surface area contributed by atoms with E-state index < -0.39 is 0 Å². The van der Waals surface area contributed by atoms with E-state index in [1.54, 1.807) is 24.6 Å². The SMILES string of the molecule is C=CCNC(=NCCc1ccco1)NCCc1ccc(Cl)nc1.I. The van der Waals surface area contributed by atoms with Crippen molar-refractivity contribution in [3.05, 3.63) is 65.9 Å². The lowest BCUT2D eigenvalue weighted by Crippen LogP contribution is -2.38. The molecule has 0 spiro atoms. The maximum absolute atomic E-state index is 5.78. The van der Waals surface area contributed by atoms with Crippen LogP contribution in [0.2, 0.25) is 5.15 Å². The second-order valence-corrected chi connectivity index (χ2v) is 5.28. The van der Waals surface area contributed by atoms with Crippen molar-refractivity contribution in [1.29, 1.82) is 0 Å². The lowest BCUT2D eigenvalue weighted by molar-refractivity contribution is 0.510. The van der Waals surface area contributed by atoms with Gasteiger partial charge in [0.25, 0.3) is 0 Å². The van der Waals surface area contributed by atoms with Crippen molar-refractivity contribution >= 4 is 41.5 Å². The topological polar surface area (TPSA) is 62.5 Å². The maximum atomic E-state index is 5.78. The molecule has 0 amide bonds. The highest BCUT2D eigenvalue weighted by Gasteiger charge is 2.00. The number of hydrogen-bond donors (Lipinski definition) is 2. The molecule has 0 atom stereocenters. The van der Waals surface area contributed by atoms with Gasteiger partial charge in [-0.15, -0.1) is 30.6 Å². The van der Waals surface area contributed by atoms with Gasteiger partial charge in [0, 0.05) is 32.3 Å². The van der Waals surface area contributed by atoms with Crippen LogP contribution < -0.4 is 10.6 Å². The van der Waals surface area contributed by atoms with Crippen LogP contribution in [0.4, 0.5) is 0 Å². The van der Waals surface area contributed by atoms with E-state index in [9.17, 15) is 0 Å². The van der Waals surface area contributed by atoms with Gasteiger partial charge in [-0.25, -0.2) is 4.98 Å². The fourth-order valence-corrected chi connectivity index (χ4v) is 2.07. The number of furan rings is 1. The average Bonchev–Trinajstić information content (AvgIpc) is 3.07. The van der Waals surface area contributed by atoms with E-state index in [1.807, 2.05) is 18.2 Å². The van der Waals surface area contributed by atoms with Gasteiger partial charge in [0.1, 0.15) is 10.9 Å². The van der Waals surface area contributed by atoms with Gasteiger partial charge < -0.3 is 15.1 Å². The minimum absolute atomic E-state index is 0. The predicted octanol–water partition coefficient (Wildman–Crippen LogP) is 3.45. The molecule has 130 valence electrons. The van der Waals surface area contributed by atoms with Crippen LogP contribution in [-0.4, -0.2) is 30.6 Å². The van der Waals surface area contributed by atoms with Crippen molar-refractivity contribution in [2.45, 2.75) is 12.8 Å². The first kappa shape index (κ1) is 20.5. The van der Waals surface area contributed by atoms with Gasteiger partial charge in [-0.3, -0.25) is 4.99 Å². The van der Waals surface area contributed by atoms with Gasteiger partial charge in [0.2, 0.25) is 0 Å². The second kappa shape index (κ2) is 11.9. The number of halogens is 2. The molecule has 2 aromatic heterocycles. The van der Waals surface area contributed by atoms with Crippen molar-refractivity contribution in [2.24, 2.45) is 4.99 Å². The van der Waals surface area contributed by atoms with Gasteiger partial charge in [-0.05, 0) is 30.2 Å². The summed E-state index contributed by atoms with van der Waals surface area (Å²) in [6.45, 7) is 5.78. The Morgan fingerprint density at radius 2 is 2.17 bits per heavy atom. The first-order chi connectivity index (χ1) is 11.3. The third-order valence-corrected chi connectivity index (χ3v) is 3.34. The number of nitrogens with one attached hydrogen (secondary N) is 2. The number of pyridine rings is 1.